The average molecular weight is 290 g/mol. The Morgan fingerprint density at radius 2 is 2.39 bits per heavy atom. The minimum atomic E-state index is -0.492. The van der Waals surface area contributed by atoms with Crippen molar-refractivity contribution in [3.8, 4) is 0 Å². The van der Waals surface area contributed by atoms with E-state index >= 15 is 0 Å². The van der Waals surface area contributed by atoms with Gasteiger partial charge in [-0.25, -0.2) is 4.79 Å². The fraction of sp³-hybridized carbons (Fsp3) is 0.556. The molecule has 0 radical (unpaired) electrons. The largest absolute Gasteiger partial charge is 0.385 e. The number of imide groups is 1. The van der Waals surface area contributed by atoms with Crippen LogP contribution in [0.15, 0.2) is 9.85 Å². The lowest BCUT2D eigenvalue weighted by atomic mass is 10.4. The first-order valence-electron chi connectivity index (χ1n) is 5.18. The van der Waals surface area contributed by atoms with Crippen molar-refractivity contribution < 1.29 is 14.3 Å². The molecule has 0 unspecified atom stereocenters. The Morgan fingerprint density at radius 3 is 3.06 bits per heavy atom. The van der Waals surface area contributed by atoms with E-state index in [9.17, 15) is 9.59 Å². The van der Waals surface area contributed by atoms with Crippen LogP contribution in [-0.2, 0) is 9.53 Å². The number of amides is 3. The Bertz CT molecular complexity index is 372. The molecule has 0 aliphatic rings. The zero-order valence-electron chi connectivity index (χ0n) is 9.84. The summed E-state index contributed by atoms with van der Waals surface area (Å²) < 4.78 is 5.53. The molecule has 0 aliphatic heterocycles. The number of rotatable bonds is 7. The molecule has 0 saturated carbocycles. The zero-order valence-corrected chi connectivity index (χ0v) is 11.5. The molecule has 1 aromatic rings. The van der Waals surface area contributed by atoms with Gasteiger partial charge < -0.3 is 10.1 Å². The van der Waals surface area contributed by atoms with E-state index in [1.807, 2.05) is 0 Å². The van der Waals surface area contributed by atoms with Crippen molar-refractivity contribution in [3.05, 3.63) is 5.51 Å². The van der Waals surface area contributed by atoms with E-state index in [0.29, 0.717) is 23.9 Å². The van der Waals surface area contributed by atoms with Gasteiger partial charge in [-0.15, -0.1) is 10.2 Å². The van der Waals surface area contributed by atoms with Crippen LogP contribution in [0.3, 0.4) is 0 Å². The molecule has 0 aromatic carbocycles. The summed E-state index contributed by atoms with van der Waals surface area (Å²) >= 11 is 2.59. The summed E-state index contributed by atoms with van der Waals surface area (Å²) in [7, 11) is 1.59. The summed E-state index contributed by atoms with van der Waals surface area (Å²) in [6.45, 7) is 1.04. The molecule has 0 aliphatic carbocycles. The Kier molecular flexibility index (Phi) is 7.30. The number of nitrogens with zero attached hydrogens (tertiary/aromatic N) is 2. The van der Waals surface area contributed by atoms with Crippen LogP contribution >= 0.6 is 23.1 Å². The van der Waals surface area contributed by atoms with Gasteiger partial charge in [0, 0.05) is 20.3 Å². The zero-order chi connectivity index (χ0) is 13.2. The first-order chi connectivity index (χ1) is 8.72. The van der Waals surface area contributed by atoms with E-state index in [-0.39, 0.29) is 11.7 Å². The first kappa shape index (κ1) is 14.9. The maximum Gasteiger partial charge on any atom is 0.321 e. The lowest BCUT2D eigenvalue weighted by Gasteiger charge is -2.05. The van der Waals surface area contributed by atoms with Gasteiger partial charge in [0.05, 0.1) is 5.75 Å². The molecule has 0 fully saturated rings. The SMILES string of the molecule is COCCCNC(=O)NC(=O)CSc1nncs1. The van der Waals surface area contributed by atoms with E-state index < -0.39 is 6.03 Å². The molecule has 7 nitrogen and oxygen atoms in total. The monoisotopic (exact) mass is 290 g/mol. The summed E-state index contributed by atoms with van der Waals surface area (Å²) in [5, 5.41) is 12.2. The normalized spacial score (nSPS) is 10.1. The maximum atomic E-state index is 11.4. The third-order valence-corrected chi connectivity index (χ3v) is 3.59. The number of carbonyl (C=O) groups is 2. The number of thioether (sulfide) groups is 1. The second-order valence-electron chi connectivity index (χ2n) is 3.14. The van der Waals surface area contributed by atoms with E-state index in [4.69, 9.17) is 4.74 Å². The lowest BCUT2D eigenvalue weighted by Crippen LogP contribution is -2.40. The number of aromatic nitrogens is 2. The van der Waals surface area contributed by atoms with Crippen LogP contribution in [0.5, 0.6) is 0 Å². The Labute approximate surface area is 113 Å². The Balaban J connectivity index is 2.09. The van der Waals surface area contributed by atoms with Gasteiger partial charge in [0.15, 0.2) is 4.34 Å². The van der Waals surface area contributed by atoms with Crippen LogP contribution < -0.4 is 10.6 Å². The Morgan fingerprint density at radius 1 is 1.56 bits per heavy atom. The summed E-state index contributed by atoms with van der Waals surface area (Å²) in [5.41, 5.74) is 1.59. The van der Waals surface area contributed by atoms with Crippen LogP contribution in [-0.4, -0.2) is 48.1 Å². The smallest absolute Gasteiger partial charge is 0.321 e. The summed E-state index contributed by atoms with van der Waals surface area (Å²) in [5.74, 6) is -0.222. The number of carbonyl (C=O) groups excluding carboxylic acids is 2. The molecule has 18 heavy (non-hydrogen) atoms. The first-order valence-corrected chi connectivity index (χ1v) is 7.04. The van der Waals surface area contributed by atoms with Gasteiger partial charge in [-0.2, -0.15) is 0 Å². The molecular weight excluding hydrogens is 276 g/mol. The molecule has 1 rings (SSSR count). The van der Waals surface area contributed by atoms with Crippen molar-refractivity contribution in [2.45, 2.75) is 10.8 Å². The van der Waals surface area contributed by atoms with E-state index in [1.54, 1.807) is 12.6 Å². The van der Waals surface area contributed by atoms with Crippen LogP contribution in [0.2, 0.25) is 0 Å². The van der Waals surface area contributed by atoms with E-state index in [0.717, 1.165) is 0 Å². The summed E-state index contributed by atoms with van der Waals surface area (Å²) in [6, 6.07) is -0.492. The van der Waals surface area contributed by atoms with Crippen LogP contribution in [0.4, 0.5) is 4.79 Å². The highest BCUT2D eigenvalue weighted by molar-refractivity contribution is 8.01. The third kappa shape index (κ3) is 6.52. The highest BCUT2D eigenvalue weighted by Crippen LogP contribution is 2.17. The third-order valence-electron chi connectivity index (χ3n) is 1.73. The number of nitrogens with one attached hydrogen (secondary N) is 2. The number of hydrogen-bond donors (Lipinski definition) is 2. The highest BCUT2D eigenvalue weighted by atomic mass is 32.2. The summed E-state index contributed by atoms with van der Waals surface area (Å²) in [4.78, 5) is 22.6. The number of hydrogen-bond acceptors (Lipinski definition) is 7. The minimum absolute atomic E-state index is 0.140. The molecule has 0 bridgehead atoms. The van der Waals surface area contributed by atoms with Gasteiger partial charge in [0.2, 0.25) is 5.91 Å². The number of ether oxygens (including phenoxy) is 1. The van der Waals surface area contributed by atoms with Crippen LogP contribution in [0.25, 0.3) is 0 Å². The van der Waals surface area contributed by atoms with Crippen molar-refractivity contribution in [1.82, 2.24) is 20.8 Å². The molecule has 0 atom stereocenters. The van der Waals surface area contributed by atoms with Gasteiger partial charge in [-0.05, 0) is 6.42 Å². The molecular formula is C9H14N4O3S2. The van der Waals surface area contributed by atoms with Crippen molar-refractivity contribution in [1.29, 1.82) is 0 Å². The topological polar surface area (TPSA) is 93.2 Å². The molecule has 2 N–H and O–H groups in total. The van der Waals surface area contributed by atoms with Gasteiger partial charge in [0.25, 0.3) is 0 Å². The van der Waals surface area contributed by atoms with Crippen molar-refractivity contribution in [3.63, 3.8) is 0 Å². The second-order valence-corrected chi connectivity index (χ2v) is 5.20. The van der Waals surface area contributed by atoms with Crippen molar-refractivity contribution >= 4 is 35.0 Å². The standard InChI is InChI=1S/C9H14N4O3S2/c1-16-4-2-3-10-8(15)12-7(14)5-17-9-13-11-6-18-9/h6H,2-5H2,1H3,(H2,10,12,14,15). The molecule has 100 valence electrons. The minimum Gasteiger partial charge on any atom is -0.385 e. The maximum absolute atomic E-state index is 11.4. The van der Waals surface area contributed by atoms with Crippen LogP contribution in [0.1, 0.15) is 6.42 Å². The summed E-state index contributed by atoms with van der Waals surface area (Å²) in [6.07, 6.45) is 0.706. The van der Waals surface area contributed by atoms with Gasteiger partial charge >= 0.3 is 6.03 Å². The predicted octanol–water partition coefficient (Wildman–Crippen LogP) is 0.493. The van der Waals surface area contributed by atoms with Gasteiger partial charge in [0.1, 0.15) is 5.51 Å². The second kappa shape index (κ2) is 8.84. The molecule has 1 heterocycles. The number of methoxy groups -OCH3 is 1. The Hall–Kier alpha value is -1.19. The highest BCUT2D eigenvalue weighted by Gasteiger charge is 2.08. The fourth-order valence-electron chi connectivity index (χ4n) is 0.978. The lowest BCUT2D eigenvalue weighted by molar-refractivity contribution is -0.117. The molecule has 9 heteroatoms. The van der Waals surface area contributed by atoms with Crippen molar-refractivity contribution in [2.75, 3.05) is 26.0 Å². The number of urea groups is 1. The molecule has 0 spiro atoms. The predicted molar refractivity (Wildman–Crippen MR) is 68.7 cm³/mol. The van der Waals surface area contributed by atoms with Gasteiger partial charge in [-0.3, -0.25) is 10.1 Å². The van der Waals surface area contributed by atoms with Crippen molar-refractivity contribution in [2.24, 2.45) is 0 Å². The van der Waals surface area contributed by atoms with E-state index in [2.05, 4.69) is 20.8 Å². The quantitative estimate of drug-likeness (QED) is 0.561. The van der Waals surface area contributed by atoms with Gasteiger partial charge in [-0.1, -0.05) is 23.1 Å². The van der Waals surface area contributed by atoms with E-state index in [1.165, 1.54) is 23.1 Å². The molecule has 3 amide bonds. The fourth-order valence-corrected chi connectivity index (χ4v) is 2.27. The molecule has 0 saturated heterocycles. The molecule has 1 aromatic heterocycles. The van der Waals surface area contributed by atoms with Crippen LogP contribution in [0, 0.1) is 0 Å². The average Bonchev–Trinajstić information content (AvgIpc) is 2.85.